The Bertz CT molecular complexity index is 450. The number of methoxy groups -OCH3 is 2. The van der Waals surface area contributed by atoms with Crippen molar-refractivity contribution in [3.8, 4) is 11.5 Å². The maximum absolute atomic E-state index is 6.30. The number of nitrogens with two attached hydrogens (primary N) is 1. The molecule has 0 aromatic heterocycles. The summed E-state index contributed by atoms with van der Waals surface area (Å²) in [4.78, 5) is 0. The van der Waals surface area contributed by atoms with Gasteiger partial charge in [-0.3, -0.25) is 0 Å². The van der Waals surface area contributed by atoms with E-state index in [2.05, 4.69) is 6.92 Å². The number of hydrogen-bond donors (Lipinski definition) is 1. The van der Waals surface area contributed by atoms with Gasteiger partial charge in [-0.1, -0.05) is 19.8 Å². The van der Waals surface area contributed by atoms with E-state index < -0.39 is 0 Å². The first-order valence-corrected chi connectivity index (χ1v) is 7.74. The minimum Gasteiger partial charge on any atom is -0.497 e. The number of rotatable bonds is 6. The van der Waals surface area contributed by atoms with E-state index in [0.717, 1.165) is 23.5 Å². The highest BCUT2D eigenvalue weighted by atomic mass is 16.5. The molecular weight excluding hydrogens is 266 g/mol. The lowest BCUT2D eigenvalue weighted by molar-refractivity contribution is -0.0115. The third kappa shape index (κ3) is 4.11. The lowest BCUT2D eigenvalue weighted by Crippen LogP contribution is -2.29. The van der Waals surface area contributed by atoms with Crippen molar-refractivity contribution >= 4 is 0 Å². The molecule has 1 saturated carbocycles. The highest BCUT2D eigenvalue weighted by Crippen LogP contribution is 2.30. The summed E-state index contributed by atoms with van der Waals surface area (Å²) < 4.78 is 16.7. The van der Waals surface area contributed by atoms with Crippen molar-refractivity contribution in [3.63, 3.8) is 0 Å². The average molecular weight is 293 g/mol. The van der Waals surface area contributed by atoms with Gasteiger partial charge in [-0.2, -0.15) is 0 Å². The van der Waals surface area contributed by atoms with E-state index in [4.69, 9.17) is 19.9 Å². The van der Waals surface area contributed by atoms with Gasteiger partial charge in [-0.25, -0.2) is 0 Å². The Morgan fingerprint density at radius 2 is 1.95 bits per heavy atom. The molecule has 4 heteroatoms. The van der Waals surface area contributed by atoms with E-state index in [-0.39, 0.29) is 6.04 Å². The fourth-order valence-electron chi connectivity index (χ4n) is 2.98. The van der Waals surface area contributed by atoms with Crippen LogP contribution in [0.3, 0.4) is 0 Å². The lowest BCUT2D eigenvalue weighted by Gasteiger charge is -2.30. The Morgan fingerprint density at radius 1 is 1.19 bits per heavy atom. The third-order valence-electron chi connectivity index (χ3n) is 4.36. The SMILES string of the molecule is COc1ccc(OC)c(C(N)COC2CCCCC2C)c1. The van der Waals surface area contributed by atoms with Crippen LogP contribution in [0.4, 0.5) is 0 Å². The van der Waals surface area contributed by atoms with Crippen LogP contribution in [-0.2, 0) is 4.74 Å². The Kier molecular flexibility index (Phi) is 5.88. The normalized spacial score (nSPS) is 23.6. The van der Waals surface area contributed by atoms with Crippen molar-refractivity contribution in [1.29, 1.82) is 0 Å². The van der Waals surface area contributed by atoms with Gasteiger partial charge in [0.1, 0.15) is 11.5 Å². The van der Waals surface area contributed by atoms with E-state index in [1.54, 1.807) is 14.2 Å². The van der Waals surface area contributed by atoms with Gasteiger partial charge in [0.2, 0.25) is 0 Å². The molecule has 2 rings (SSSR count). The molecular formula is C17H27NO3. The molecule has 3 atom stereocenters. The predicted molar refractivity (Wildman–Crippen MR) is 83.8 cm³/mol. The van der Waals surface area contributed by atoms with Gasteiger partial charge in [0, 0.05) is 5.56 Å². The Morgan fingerprint density at radius 3 is 2.62 bits per heavy atom. The van der Waals surface area contributed by atoms with Crippen molar-refractivity contribution in [1.82, 2.24) is 0 Å². The number of benzene rings is 1. The second-order valence-corrected chi connectivity index (χ2v) is 5.85. The summed E-state index contributed by atoms with van der Waals surface area (Å²) in [5.74, 6) is 2.19. The second-order valence-electron chi connectivity index (χ2n) is 5.85. The fourth-order valence-corrected chi connectivity index (χ4v) is 2.98. The molecule has 1 aliphatic rings. The van der Waals surface area contributed by atoms with Crippen LogP contribution in [0.5, 0.6) is 11.5 Å². The molecule has 0 amide bonds. The first kappa shape index (κ1) is 16.1. The largest absolute Gasteiger partial charge is 0.497 e. The molecule has 0 bridgehead atoms. The van der Waals surface area contributed by atoms with Crippen molar-refractivity contribution < 1.29 is 14.2 Å². The standard InChI is InChI=1S/C17H27NO3/c1-12-6-4-5-7-16(12)21-11-15(18)14-10-13(19-2)8-9-17(14)20-3/h8-10,12,15-16H,4-7,11,18H2,1-3H3. The van der Waals surface area contributed by atoms with Crippen LogP contribution in [0.15, 0.2) is 18.2 Å². The van der Waals surface area contributed by atoms with Crippen LogP contribution in [-0.4, -0.2) is 26.9 Å². The van der Waals surface area contributed by atoms with Crippen LogP contribution in [0.2, 0.25) is 0 Å². The van der Waals surface area contributed by atoms with E-state index in [1.165, 1.54) is 19.3 Å². The molecule has 0 radical (unpaired) electrons. The van der Waals surface area contributed by atoms with E-state index in [9.17, 15) is 0 Å². The zero-order valence-electron chi connectivity index (χ0n) is 13.3. The molecule has 1 aliphatic carbocycles. The minimum absolute atomic E-state index is 0.204. The van der Waals surface area contributed by atoms with Gasteiger partial charge < -0.3 is 19.9 Å². The summed E-state index contributed by atoms with van der Waals surface area (Å²) in [5.41, 5.74) is 7.23. The van der Waals surface area contributed by atoms with Gasteiger partial charge in [-0.05, 0) is 37.0 Å². The first-order valence-electron chi connectivity index (χ1n) is 7.74. The molecule has 118 valence electrons. The fraction of sp³-hybridized carbons (Fsp3) is 0.647. The highest BCUT2D eigenvalue weighted by molar-refractivity contribution is 5.42. The molecule has 1 fully saturated rings. The van der Waals surface area contributed by atoms with Crippen LogP contribution in [0.25, 0.3) is 0 Å². The summed E-state index contributed by atoms with van der Waals surface area (Å²) >= 11 is 0. The smallest absolute Gasteiger partial charge is 0.123 e. The Balaban J connectivity index is 2.00. The number of hydrogen-bond acceptors (Lipinski definition) is 4. The average Bonchev–Trinajstić information content (AvgIpc) is 2.53. The van der Waals surface area contributed by atoms with Gasteiger partial charge >= 0.3 is 0 Å². The molecule has 21 heavy (non-hydrogen) atoms. The first-order chi connectivity index (χ1) is 10.2. The van der Waals surface area contributed by atoms with Crippen LogP contribution >= 0.6 is 0 Å². The maximum atomic E-state index is 6.30. The quantitative estimate of drug-likeness (QED) is 0.874. The molecule has 1 aromatic carbocycles. The molecule has 1 aromatic rings. The van der Waals surface area contributed by atoms with Gasteiger partial charge in [0.15, 0.2) is 0 Å². The summed E-state index contributed by atoms with van der Waals surface area (Å²) in [6.07, 6.45) is 5.30. The summed E-state index contributed by atoms with van der Waals surface area (Å²) in [6, 6.07) is 5.48. The van der Waals surface area contributed by atoms with E-state index >= 15 is 0 Å². The van der Waals surface area contributed by atoms with Gasteiger partial charge in [0.05, 0.1) is 33.0 Å². The van der Waals surface area contributed by atoms with Crippen molar-refractivity contribution in [2.45, 2.75) is 44.8 Å². The number of ether oxygens (including phenoxy) is 3. The van der Waals surface area contributed by atoms with E-state index in [1.807, 2.05) is 18.2 Å². The lowest BCUT2D eigenvalue weighted by atomic mass is 9.88. The Hall–Kier alpha value is -1.26. The predicted octanol–water partition coefficient (Wildman–Crippen LogP) is 3.30. The van der Waals surface area contributed by atoms with E-state index in [0.29, 0.717) is 18.6 Å². The summed E-state index contributed by atoms with van der Waals surface area (Å²) in [6.45, 7) is 2.78. The molecule has 0 heterocycles. The van der Waals surface area contributed by atoms with Crippen LogP contribution in [0.1, 0.15) is 44.2 Å². The monoisotopic (exact) mass is 293 g/mol. The summed E-state index contributed by atoms with van der Waals surface area (Å²) in [7, 11) is 3.30. The van der Waals surface area contributed by atoms with Crippen molar-refractivity contribution in [2.24, 2.45) is 11.7 Å². The Labute approximate surface area is 127 Å². The van der Waals surface area contributed by atoms with Crippen molar-refractivity contribution in [2.75, 3.05) is 20.8 Å². The molecule has 0 saturated heterocycles. The zero-order chi connectivity index (χ0) is 15.2. The second kappa shape index (κ2) is 7.66. The molecule has 0 aliphatic heterocycles. The zero-order valence-corrected chi connectivity index (χ0v) is 13.3. The van der Waals surface area contributed by atoms with Crippen LogP contribution < -0.4 is 15.2 Å². The maximum Gasteiger partial charge on any atom is 0.123 e. The molecule has 4 nitrogen and oxygen atoms in total. The molecule has 3 unspecified atom stereocenters. The highest BCUT2D eigenvalue weighted by Gasteiger charge is 2.23. The van der Waals surface area contributed by atoms with Crippen molar-refractivity contribution in [3.05, 3.63) is 23.8 Å². The van der Waals surface area contributed by atoms with Crippen LogP contribution in [0, 0.1) is 5.92 Å². The van der Waals surface area contributed by atoms with Gasteiger partial charge in [0.25, 0.3) is 0 Å². The third-order valence-corrected chi connectivity index (χ3v) is 4.36. The molecule has 0 spiro atoms. The van der Waals surface area contributed by atoms with Gasteiger partial charge in [-0.15, -0.1) is 0 Å². The summed E-state index contributed by atoms with van der Waals surface area (Å²) in [5, 5.41) is 0. The topological polar surface area (TPSA) is 53.7 Å². The molecule has 2 N–H and O–H groups in total. The minimum atomic E-state index is -0.204.